The fraction of sp³-hybridized carbons (Fsp3) is 0.263. The van der Waals surface area contributed by atoms with Crippen LogP contribution in [0.25, 0.3) is 10.9 Å². The van der Waals surface area contributed by atoms with Crippen LogP contribution < -0.4 is 17.1 Å². The van der Waals surface area contributed by atoms with Crippen LogP contribution in [0.1, 0.15) is 11.1 Å². The molecule has 2 heterocycles. The van der Waals surface area contributed by atoms with E-state index in [-0.39, 0.29) is 12.4 Å². The van der Waals surface area contributed by atoms with Crippen molar-refractivity contribution in [2.45, 2.75) is 13.0 Å². The summed E-state index contributed by atoms with van der Waals surface area (Å²) in [7, 11) is 0. The number of aromatic nitrogens is 1. The van der Waals surface area contributed by atoms with Crippen LogP contribution in [0.2, 0.25) is 0 Å². The van der Waals surface area contributed by atoms with E-state index in [4.69, 9.17) is 4.74 Å². The lowest BCUT2D eigenvalue weighted by molar-refractivity contribution is -0.00000478. The number of halogens is 1. The van der Waals surface area contributed by atoms with Gasteiger partial charge in [-0.3, -0.25) is 0 Å². The van der Waals surface area contributed by atoms with E-state index in [0.29, 0.717) is 6.61 Å². The molecule has 0 unspecified atom stereocenters. The summed E-state index contributed by atoms with van der Waals surface area (Å²) in [5, 5.41) is 1.28. The fourth-order valence-corrected chi connectivity index (χ4v) is 2.77. The lowest BCUT2D eigenvalue weighted by atomic mass is 10.1. The summed E-state index contributed by atoms with van der Waals surface area (Å²) in [6.07, 6.45) is 3.23. The van der Waals surface area contributed by atoms with Crippen molar-refractivity contribution < 1.29 is 17.1 Å². The highest BCUT2D eigenvalue weighted by molar-refractivity contribution is 5.84. The average molecular weight is 328 g/mol. The first kappa shape index (κ1) is 15.9. The SMILES string of the molecule is [Cl-].c1ccc(COc2ccc3[nH]cc(CCN4CC4)c3c2)cc1. The summed E-state index contributed by atoms with van der Waals surface area (Å²) >= 11 is 0. The number of fused-ring (bicyclic) bond motifs is 1. The molecule has 0 amide bonds. The van der Waals surface area contributed by atoms with Gasteiger partial charge in [-0.1, -0.05) is 30.3 Å². The Hall–Kier alpha value is -1.97. The van der Waals surface area contributed by atoms with E-state index in [1.165, 1.54) is 35.1 Å². The summed E-state index contributed by atoms with van der Waals surface area (Å²) in [5.74, 6) is 0.934. The van der Waals surface area contributed by atoms with Gasteiger partial charge in [0.1, 0.15) is 12.4 Å². The van der Waals surface area contributed by atoms with E-state index >= 15 is 0 Å². The van der Waals surface area contributed by atoms with E-state index in [1.54, 1.807) is 0 Å². The number of aromatic amines is 1. The summed E-state index contributed by atoms with van der Waals surface area (Å²) in [4.78, 5) is 5.81. The first-order valence-electron chi connectivity index (χ1n) is 7.87. The molecule has 23 heavy (non-hydrogen) atoms. The molecule has 4 heteroatoms. The maximum Gasteiger partial charge on any atom is 0.120 e. The lowest BCUT2D eigenvalue weighted by Gasteiger charge is -2.07. The molecule has 1 N–H and O–H groups in total. The molecule has 0 aliphatic carbocycles. The molecule has 120 valence electrons. The van der Waals surface area contributed by atoms with Crippen molar-refractivity contribution in [2.24, 2.45) is 0 Å². The van der Waals surface area contributed by atoms with Crippen LogP contribution in [0.15, 0.2) is 54.7 Å². The Bertz CT molecular complexity index is 765. The van der Waals surface area contributed by atoms with E-state index in [1.807, 2.05) is 24.3 Å². The van der Waals surface area contributed by atoms with E-state index in [2.05, 4.69) is 40.3 Å². The molecule has 3 aromatic rings. The Kier molecular flexibility index (Phi) is 4.89. The minimum Gasteiger partial charge on any atom is -1.00 e. The molecule has 1 aliphatic rings. The van der Waals surface area contributed by atoms with Crippen molar-refractivity contribution in [3.63, 3.8) is 0 Å². The molecule has 1 aliphatic heterocycles. The minimum atomic E-state index is 0. The number of nitrogens with zero attached hydrogens (tertiary/aromatic N) is 1. The van der Waals surface area contributed by atoms with Gasteiger partial charge in [-0.25, -0.2) is 0 Å². The Morgan fingerprint density at radius 3 is 2.65 bits per heavy atom. The largest absolute Gasteiger partial charge is 1.00 e. The normalized spacial score (nSPS) is 13.7. The second-order valence-electron chi connectivity index (χ2n) is 5.89. The zero-order valence-electron chi connectivity index (χ0n) is 13.0. The zero-order chi connectivity index (χ0) is 14.8. The lowest BCUT2D eigenvalue weighted by Crippen LogP contribution is -3.00. The second kappa shape index (κ2) is 7.07. The molecule has 2 aromatic carbocycles. The van der Waals surface area contributed by atoms with Crippen LogP contribution in [-0.2, 0) is 13.0 Å². The van der Waals surface area contributed by atoms with Crippen molar-refractivity contribution >= 4 is 10.9 Å². The van der Waals surface area contributed by atoms with Gasteiger partial charge in [0.15, 0.2) is 0 Å². The van der Waals surface area contributed by atoms with Gasteiger partial charge in [0.25, 0.3) is 0 Å². The van der Waals surface area contributed by atoms with Crippen LogP contribution in [0.4, 0.5) is 0 Å². The summed E-state index contributed by atoms with van der Waals surface area (Å²) < 4.78 is 5.94. The number of nitrogens with one attached hydrogen (secondary N) is 1. The van der Waals surface area contributed by atoms with Gasteiger partial charge in [0, 0.05) is 36.7 Å². The Balaban J connectivity index is 0.00000156. The molecule has 0 spiro atoms. The number of hydrogen-bond donors (Lipinski definition) is 1. The third-order valence-electron chi connectivity index (χ3n) is 4.22. The molecule has 1 aromatic heterocycles. The highest BCUT2D eigenvalue weighted by atomic mass is 35.5. The first-order chi connectivity index (χ1) is 10.9. The van der Waals surface area contributed by atoms with Crippen LogP contribution in [-0.4, -0.2) is 29.5 Å². The maximum atomic E-state index is 5.94. The Labute approximate surface area is 142 Å². The van der Waals surface area contributed by atoms with Crippen molar-refractivity contribution in [1.82, 2.24) is 9.88 Å². The number of rotatable bonds is 6. The fourth-order valence-electron chi connectivity index (χ4n) is 2.77. The highest BCUT2D eigenvalue weighted by Gasteiger charge is 2.17. The zero-order valence-corrected chi connectivity index (χ0v) is 13.7. The van der Waals surface area contributed by atoms with E-state index in [0.717, 1.165) is 18.7 Å². The van der Waals surface area contributed by atoms with Gasteiger partial charge < -0.3 is 27.0 Å². The average Bonchev–Trinajstić information content (AvgIpc) is 3.31. The monoisotopic (exact) mass is 327 g/mol. The third-order valence-corrected chi connectivity index (χ3v) is 4.22. The van der Waals surface area contributed by atoms with Crippen LogP contribution >= 0.6 is 0 Å². The molecule has 0 atom stereocenters. The summed E-state index contributed by atoms with van der Waals surface area (Å²) in [5.41, 5.74) is 3.76. The molecule has 1 fully saturated rings. The van der Waals surface area contributed by atoms with Gasteiger partial charge >= 0.3 is 0 Å². The van der Waals surface area contributed by atoms with Crippen molar-refractivity contribution in [3.05, 3.63) is 65.9 Å². The quantitative estimate of drug-likeness (QED) is 0.672. The van der Waals surface area contributed by atoms with Crippen LogP contribution in [0.3, 0.4) is 0 Å². The molecule has 3 nitrogen and oxygen atoms in total. The summed E-state index contributed by atoms with van der Waals surface area (Å²) in [6, 6.07) is 16.6. The van der Waals surface area contributed by atoms with Crippen molar-refractivity contribution in [2.75, 3.05) is 19.6 Å². The smallest absolute Gasteiger partial charge is 0.120 e. The first-order valence-corrected chi connectivity index (χ1v) is 7.87. The Morgan fingerprint density at radius 1 is 1.04 bits per heavy atom. The molecule has 0 bridgehead atoms. The third kappa shape index (κ3) is 3.87. The number of benzene rings is 2. The van der Waals surface area contributed by atoms with Crippen LogP contribution in [0, 0.1) is 0 Å². The minimum absolute atomic E-state index is 0. The van der Waals surface area contributed by atoms with Gasteiger partial charge in [-0.05, 0) is 35.7 Å². The Morgan fingerprint density at radius 2 is 1.87 bits per heavy atom. The van der Waals surface area contributed by atoms with Gasteiger partial charge in [0.2, 0.25) is 0 Å². The van der Waals surface area contributed by atoms with E-state index in [9.17, 15) is 0 Å². The number of H-pyrrole nitrogens is 1. The van der Waals surface area contributed by atoms with E-state index < -0.39 is 0 Å². The van der Waals surface area contributed by atoms with Crippen LogP contribution in [0.5, 0.6) is 5.75 Å². The van der Waals surface area contributed by atoms with Gasteiger partial charge in [0.05, 0.1) is 0 Å². The maximum absolute atomic E-state index is 5.94. The standard InChI is InChI=1S/C19H20N2O.ClH/c1-2-4-15(5-3-1)14-22-17-6-7-19-18(12-17)16(13-20-19)8-9-21-10-11-21;/h1-7,12-13,20H,8-11,14H2;1H/p-1. The van der Waals surface area contributed by atoms with Gasteiger partial charge in [-0.2, -0.15) is 0 Å². The number of hydrogen-bond acceptors (Lipinski definition) is 2. The molecule has 1 saturated heterocycles. The second-order valence-corrected chi connectivity index (χ2v) is 5.89. The van der Waals surface area contributed by atoms with Crippen molar-refractivity contribution in [1.29, 1.82) is 0 Å². The molecule has 0 radical (unpaired) electrons. The highest BCUT2D eigenvalue weighted by Crippen LogP contribution is 2.25. The predicted molar refractivity (Wildman–Crippen MR) is 89.2 cm³/mol. The summed E-state index contributed by atoms with van der Waals surface area (Å²) in [6.45, 7) is 4.28. The number of ether oxygens (including phenoxy) is 1. The molecule has 0 saturated carbocycles. The predicted octanol–water partition coefficient (Wildman–Crippen LogP) is 0.609. The molecular formula is C19H20ClN2O-. The molecular weight excluding hydrogens is 308 g/mol. The van der Waals surface area contributed by atoms with Gasteiger partial charge in [-0.15, -0.1) is 0 Å². The van der Waals surface area contributed by atoms with Crippen molar-refractivity contribution in [3.8, 4) is 5.75 Å². The topological polar surface area (TPSA) is 28.0 Å². The molecule has 4 rings (SSSR count).